The number of thiol groups is 1. The average Bonchev–Trinajstić information content (AvgIpc) is 2.16. The second-order valence-corrected chi connectivity index (χ2v) is 4.50. The molecule has 0 aromatic heterocycles. The first-order valence-electron chi connectivity index (χ1n) is 4.34. The van der Waals surface area contributed by atoms with Crippen LogP contribution >= 0.6 is 24.8 Å². The quantitative estimate of drug-likeness (QED) is 0.612. The molecular formula is C11H11NS2. The van der Waals surface area contributed by atoms with Crippen LogP contribution in [0.3, 0.4) is 0 Å². The molecule has 0 amide bonds. The molecule has 0 atom stereocenters. The molecule has 14 heavy (non-hydrogen) atoms. The van der Waals surface area contributed by atoms with Gasteiger partial charge < -0.3 is 0 Å². The lowest BCUT2D eigenvalue weighted by Gasteiger charge is -2.12. The molecule has 3 heteroatoms. The molecule has 0 saturated carbocycles. The predicted molar refractivity (Wildman–Crippen MR) is 65.9 cm³/mol. The van der Waals surface area contributed by atoms with Crippen molar-refractivity contribution in [3.8, 4) is 6.07 Å². The van der Waals surface area contributed by atoms with Crippen molar-refractivity contribution in [2.45, 2.75) is 19.8 Å². The van der Waals surface area contributed by atoms with Gasteiger partial charge >= 0.3 is 0 Å². The van der Waals surface area contributed by atoms with Crippen molar-refractivity contribution >= 4 is 29.0 Å². The molecule has 1 rings (SSSR count). The summed E-state index contributed by atoms with van der Waals surface area (Å²) < 4.78 is 0.547. The Morgan fingerprint density at radius 2 is 2.14 bits per heavy atom. The number of rotatable bonds is 2. The van der Waals surface area contributed by atoms with E-state index in [4.69, 9.17) is 17.5 Å². The Labute approximate surface area is 95.2 Å². The fraction of sp³-hybridized carbons (Fsp3) is 0.273. The van der Waals surface area contributed by atoms with Gasteiger partial charge in [0.15, 0.2) is 0 Å². The van der Waals surface area contributed by atoms with Crippen LogP contribution in [0.5, 0.6) is 0 Å². The molecule has 0 heterocycles. The van der Waals surface area contributed by atoms with Crippen molar-refractivity contribution in [1.29, 1.82) is 5.26 Å². The lowest BCUT2D eigenvalue weighted by atomic mass is 9.93. The topological polar surface area (TPSA) is 23.8 Å². The van der Waals surface area contributed by atoms with Gasteiger partial charge in [-0.05, 0) is 17.5 Å². The van der Waals surface area contributed by atoms with E-state index in [1.807, 2.05) is 32.0 Å². The predicted octanol–water partition coefficient (Wildman–Crippen LogP) is 3.29. The molecule has 0 aliphatic heterocycles. The highest BCUT2D eigenvalue weighted by Crippen LogP contribution is 2.25. The standard InChI is InChI=1S/C11H11NS2/c1-7(2)10-8(6-12)4-3-5-9(10)11(13)14/h3-5,7H,1-2H3,(H,13,14). The third-order valence-electron chi connectivity index (χ3n) is 2.03. The maximum atomic E-state index is 8.96. The van der Waals surface area contributed by atoms with Gasteiger partial charge in [-0.3, -0.25) is 0 Å². The first-order chi connectivity index (χ1) is 6.57. The summed E-state index contributed by atoms with van der Waals surface area (Å²) in [7, 11) is 0. The van der Waals surface area contributed by atoms with Gasteiger partial charge in [0.25, 0.3) is 0 Å². The van der Waals surface area contributed by atoms with Gasteiger partial charge in [0.2, 0.25) is 0 Å². The zero-order valence-corrected chi connectivity index (χ0v) is 9.82. The first kappa shape index (κ1) is 11.2. The van der Waals surface area contributed by atoms with Crippen LogP contribution in [0.2, 0.25) is 0 Å². The molecule has 0 N–H and O–H groups in total. The maximum Gasteiger partial charge on any atom is 0.0994 e. The fourth-order valence-corrected chi connectivity index (χ4v) is 1.84. The summed E-state index contributed by atoms with van der Waals surface area (Å²) in [5.41, 5.74) is 2.58. The zero-order chi connectivity index (χ0) is 10.7. The molecule has 0 aliphatic rings. The molecule has 0 unspecified atom stereocenters. The molecule has 0 fully saturated rings. The van der Waals surface area contributed by atoms with Crippen molar-refractivity contribution in [3.05, 3.63) is 34.9 Å². The van der Waals surface area contributed by atoms with E-state index in [1.54, 1.807) is 0 Å². The van der Waals surface area contributed by atoms with Crippen molar-refractivity contribution in [1.82, 2.24) is 0 Å². The third kappa shape index (κ3) is 2.14. The van der Waals surface area contributed by atoms with Crippen LogP contribution in [-0.2, 0) is 0 Å². The van der Waals surface area contributed by atoms with Gasteiger partial charge in [0.05, 0.1) is 15.8 Å². The van der Waals surface area contributed by atoms with Crippen LogP contribution in [0, 0.1) is 11.3 Å². The Balaban J connectivity index is 3.45. The van der Waals surface area contributed by atoms with Crippen LogP contribution < -0.4 is 0 Å². The second-order valence-electron chi connectivity index (χ2n) is 3.34. The van der Waals surface area contributed by atoms with Crippen LogP contribution in [-0.4, -0.2) is 4.20 Å². The molecule has 1 nitrogen and oxygen atoms in total. The SMILES string of the molecule is CC(C)c1c(C#N)cccc1C(=S)S. The molecule has 0 bridgehead atoms. The summed E-state index contributed by atoms with van der Waals surface area (Å²) in [5, 5.41) is 8.96. The van der Waals surface area contributed by atoms with Gasteiger partial charge in [-0.2, -0.15) is 5.26 Å². The molecule has 0 spiro atoms. The largest absolute Gasteiger partial charge is 0.192 e. The molecule has 72 valence electrons. The minimum absolute atomic E-state index is 0.283. The molecule has 1 aromatic carbocycles. The van der Waals surface area contributed by atoms with Crippen molar-refractivity contribution in [3.63, 3.8) is 0 Å². The number of hydrogen-bond donors (Lipinski definition) is 1. The lowest BCUT2D eigenvalue weighted by Crippen LogP contribution is -2.01. The van der Waals surface area contributed by atoms with E-state index in [-0.39, 0.29) is 5.92 Å². The van der Waals surface area contributed by atoms with E-state index in [9.17, 15) is 0 Å². The smallest absolute Gasteiger partial charge is 0.0994 e. The molecular weight excluding hydrogens is 210 g/mol. The van der Waals surface area contributed by atoms with Gasteiger partial charge in [-0.25, -0.2) is 0 Å². The Morgan fingerprint density at radius 3 is 2.57 bits per heavy atom. The van der Waals surface area contributed by atoms with Crippen molar-refractivity contribution in [2.75, 3.05) is 0 Å². The van der Waals surface area contributed by atoms with Crippen molar-refractivity contribution in [2.24, 2.45) is 0 Å². The Bertz CT molecular complexity index is 402. The zero-order valence-electron chi connectivity index (χ0n) is 8.11. The Hall–Kier alpha value is -0.850. The number of benzene rings is 1. The highest BCUT2D eigenvalue weighted by Gasteiger charge is 2.12. The summed E-state index contributed by atoms with van der Waals surface area (Å²) in [5.74, 6) is 0.283. The summed E-state index contributed by atoms with van der Waals surface area (Å²) in [6, 6.07) is 7.73. The molecule has 0 radical (unpaired) electrons. The highest BCUT2D eigenvalue weighted by atomic mass is 32.1. The first-order valence-corrected chi connectivity index (χ1v) is 5.19. The van der Waals surface area contributed by atoms with E-state index in [2.05, 4.69) is 18.7 Å². The van der Waals surface area contributed by atoms with E-state index in [1.165, 1.54) is 0 Å². The number of nitriles is 1. The van der Waals surface area contributed by atoms with Crippen LogP contribution in [0.15, 0.2) is 18.2 Å². The van der Waals surface area contributed by atoms with Crippen LogP contribution in [0.25, 0.3) is 0 Å². The highest BCUT2D eigenvalue weighted by molar-refractivity contribution is 8.11. The normalized spacial score (nSPS) is 9.93. The summed E-state index contributed by atoms with van der Waals surface area (Å²) in [6.07, 6.45) is 0. The van der Waals surface area contributed by atoms with Gasteiger partial charge in [-0.1, -0.05) is 38.2 Å². The number of hydrogen-bond acceptors (Lipinski definition) is 2. The summed E-state index contributed by atoms with van der Waals surface area (Å²) in [6.45, 7) is 4.09. The van der Waals surface area contributed by atoms with E-state index in [0.29, 0.717) is 9.76 Å². The summed E-state index contributed by atoms with van der Waals surface area (Å²) in [4.78, 5) is 0. The van der Waals surface area contributed by atoms with Crippen molar-refractivity contribution < 1.29 is 0 Å². The molecule has 0 saturated heterocycles. The number of thiocarbonyl (C=S) groups is 1. The van der Waals surface area contributed by atoms with Crippen LogP contribution in [0.4, 0.5) is 0 Å². The van der Waals surface area contributed by atoms with E-state index in [0.717, 1.165) is 11.1 Å². The van der Waals surface area contributed by atoms with Gasteiger partial charge in [-0.15, -0.1) is 12.6 Å². The summed E-state index contributed by atoms with van der Waals surface area (Å²) >= 11 is 9.19. The fourth-order valence-electron chi connectivity index (χ4n) is 1.47. The van der Waals surface area contributed by atoms with Crippen LogP contribution in [0.1, 0.15) is 36.5 Å². The molecule has 0 aliphatic carbocycles. The Kier molecular flexibility index (Phi) is 3.68. The third-order valence-corrected chi connectivity index (χ3v) is 2.50. The average molecular weight is 221 g/mol. The Morgan fingerprint density at radius 1 is 1.50 bits per heavy atom. The van der Waals surface area contributed by atoms with E-state index < -0.39 is 0 Å². The second kappa shape index (κ2) is 4.59. The van der Waals surface area contributed by atoms with Gasteiger partial charge in [0, 0.05) is 5.56 Å². The monoisotopic (exact) mass is 221 g/mol. The minimum atomic E-state index is 0.283. The maximum absolute atomic E-state index is 8.96. The lowest BCUT2D eigenvalue weighted by molar-refractivity contribution is 0.861. The van der Waals surface area contributed by atoms with E-state index >= 15 is 0 Å². The number of nitrogens with zero attached hydrogens (tertiary/aromatic N) is 1. The van der Waals surface area contributed by atoms with Gasteiger partial charge in [0.1, 0.15) is 0 Å². The molecule has 1 aromatic rings. The minimum Gasteiger partial charge on any atom is -0.192 e.